The number of amides is 1. The minimum atomic E-state index is -2.65. The molecule has 0 bridgehead atoms. The van der Waals surface area contributed by atoms with Crippen LogP contribution in [0.15, 0.2) is 47.1 Å². The van der Waals surface area contributed by atoms with Gasteiger partial charge in [0.25, 0.3) is 6.43 Å². The van der Waals surface area contributed by atoms with E-state index in [2.05, 4.69) is 36.4 Å². The Morgan fingerprint density at radius 1 is 1.16 bits per heavy atom. The molecule has 3 aromatic heterocycles. The van der Waals surface area contributed by atoms with Crippen molar-refractivity contribution in [3.63, 3.8) is 0 Å². The van der Waals surface area contributed by atoms with Crippen molar-refractivity contribution < 1.29 is 13.6 Å². The summed E-state index contributed by atoms with van der Waals surface area (Å²) in [6, 6.07) is 10.9. The van der Waals surface area contributed by atoms with E-state index in [-0.39, 0.29) is 29.0 Å². The number of hydrogen-bond donors (Lipinski definition) is 1. The van der Waals surface area contributed by atoms with E-state index in [4.69, 9.17) is 0 Å². The molecule has 0 aliphatic carbocycles. The first kappa shape index (κ1) is 21.1. The van der Waals surface area contributed by atoms with Gasteiger partial charge in [0, 0.05) is 28.0 Å². The van der Waals surface area contributed by atoms with E-state index in [9.17, 15) is 13.6 Å². The van der Waals surface area contributed by atoms with Crippen molar-refractivity contribution in [1.29, 1.82) is 0 Å². The smallest absolute Gasteiger partial charge is 0.264 e. The molecule has 160 valence electrons. The topological polar surface area (TPSA) is 77.6 Å². The fraction of sp³-hybridized carbons (Fsp3) is 0.238. The van der Waals surface area contributed by atoms with E-state index in [0.29, 0.717) is 23.8 Å². The third-order valence-corrected chi connectivity index (χ3v) is 5.26. The van der Waals surface area contributed by atoms with Crippen molar-refractivity contribution in [3.05, 3.63) is 69.6 Å². The molecule has 3 heterocycles. The van der Waals surface area contributed by atoms with E-state index < -0.39 is 6.43 Å². The third kappa shape index (κ3) is 4.63. The lowest BCUT2D eigenvalue weighted by Crippen LogP contribution is -2.20. The van der Waals surface area contributed by atoms with Gasteiger partial charge in [0.05, 0.1) is 17.6 Å². The van der Waals surface area contributed by atoms with Gasteiger partial charge in [-0.15, -0.1) is 0 Å². The SMILES string of the molecule is Cc1cc(C(F)F)c2c(C)nn(CC(=O)Nc3ccn(Cc4ccc(Br)cc4)n3)c2n1. The highest BCUT2D eigenvalue weighted by Gasteiger charge is 2.20. The van der Waals surface area contributed by atoms with Crippen LogP contribution in [0.5, 0.6) is 0 Å². The average molecular weight is 489 g/mol. The van der Waals surface area contributed by atoms with E-state index >= 15 is 0 Å². The largest absolute Gasteiger partial charge is 0.308 e. The molecule has 0 aliphatic heterocycles. The molecule has 0 atom stereocenters. The zero-order chi connectivity index (χ0) is 22.1. The van der Waals surface area contributed by atoms with Crippen LogP contribution in [0, 0.1) is 13.8 Å². The van der Waals surface area contributed by atoms with E-state index in [1.54, 1.807) is 30.8 Å². The molecule has 1 aromatic carbocycles. The fourth-order valence-corrected chi connectivity index (χ4v) is 3.68. The molecule has 4 rings (SSSR count). The van der Waals surface area contributed by atoms with Crippen LogP contribution in [0.3, 0.4) is 0 Å². The first-order valence-corrected chi connectivity index (χ1v) is 10.3. The number of nitrogens with zero attached hydrogens (tertiary/aromatic N) is 5. The summed E-state index contributed by atoms with van der Waals surface area (Å²) in [6.07, 6.45) is -0.880. The lowest BCUT2D eigenvalue weighted by molar-refractivity contribution is -0.116. The molecular weight excluding hydrogens is 470 g/mol. The number of aryl methyl sites for hydroxylation is 2. The van der Waals surface area contributed by atoms with E-state index in [1.807, 2.05) is 24.3 Å². The second kappa shape index (κ2) is 8.54. The first-order valence-electron chi connectivity index (χ1n) is 9.50. The van der Waals surface area contributed by atoms with Crippen LogP contribution in [0.2, 0.25) is 0 Å². The van der Waals surface area contributed by atoms with Gasteiger partial charge in [0.15, 0.2) is 11.5 Å². The Labute approximate surface area is 185 Å². The van der Waals surface area contributed by atoms with Gasteiger partial charge < -0.3 is 5.32 Å². The molecule has 1 N–H and O–H groups in total. The zero-order valence-electron chi connectivity index (χ0n) is 16.8. The number of pyridine rings is 1. The number of anilines is 1. The summed E-state index contributed by atoms with van der Waals surface area (Å²) in [6.45, 7) is 3.66. The molecule has 0 aliphatic rings. The van der Waals surface area contributed by atoms with E-state index in [1.165, 1.54) is 10.7 Å². The predicted octanol–water partition coefficient (Wildman–Crippen LogP) is 4.63. The molecule has 31 heavy (non-hydrogen) atoms. The van der Waals surface area contributed by atoms with Gasteiger partial charge in [-0.3, -0.25) is 9.48 Å². The number of nitrogens with one attached hydrogen (secondary N) is 1. The second-order valence-corrected chi connectivity index (χ2v) is 8.08. The molecule has 1 amide bonds. The number of hydrogen-bond acceptors (Lipinski definition) is 4. The zero-order valence-corrected chi connectivity index (χ0v) is 18.4. The molecule has 0 unspecified atom stereocenters. The maximum atomic E-state index is 13.4. The Morgan fingerprint density at radius 2 is 1.90 bits per heavy atom. The molecule has 0 saturated heterocycles. The van der Waals surface area contributed by atoms with Gasteiger partial charge in [0.2, 0.25) is 5.91 Å². The van der Waals surface area contributed by atoms with Crippen LogP contribution in [-0.4, -0.2) is 30.5 Å². The molecular formula is C21H19BrF2N6O. The van der Waals surface area contributed by atoms with E-state index in [0.717, 1.165) is 10.0 Å². The standard InChI is InChI=1S/C21H19BrF2N6O/c1-12-9-16(20(23)24)19-13(2)27-30(21(19)25-12)11-18(31)26-17-7-8-29(28-17)10-14-3-5-15(22)6-4-14/h3-9,20H,10-11H2,1-2H3,(H,26,28,31). The second-order valence-electron chi connectivity index (χ2n) is 7.17. The molecule has 0 fully saturated rings. The first-order chi connectivity index (χ1) is 14.8. The number of carbonyl (C=O) groups is 1. The Balaban J connectivity index is 1.49. The summed E-state index contributed by atoms with van der Waals surface area (Å²) in [7, 11) is 0. The van der Waals surface area contributed by atoms with Crippen LogP contribution >= 0.6 is 15.9 Å². The summed E-state index contributed by atoms with van der Waals surface area (Å²) in [5.41, 5.74) is 2.06. The van der Waals surface area contributed by atoms with Crippen molar-refractivity contribution in [1.82, 2.24) is 24.5 Å². The van der Waals surface area contributed by atoms with Gasteiger partial charge in [0.1, 0.15) is 6.54 Å². The highest BCUT2D eigenvalue weighted by Crippen LogP contribution is 2.29. The minimum absolute atomic E-state index is 0.127. The van der Waals surface area contributed by atoms with Gasteiger partial charge in [-0.25, -0.2) is 18.4 Å². The van der Waals surface area contributed by atoms with Crippen LogP contribution in [-0.2, 0) is 17.9 Å². The molecule has 7 nitrogen and oxygen atoms in total. The van der Waals surface area contributed by atoms with Crippen molar-refractivity contribution in [2.45, 2.75) is 33.4 Å². The number of benzene rings is 1. The molecule has 10 heteroatoms. The summed E-state index contributed by atoms with van der Waals surface area (Å²) >= 11 is 3.40. The normalized spacial score (nSPS) is 11.4. The lowest BCUT2D eigenvalue weighted by atomic mass is 10.1. The average Bonchev–Trinajstić information content (AvgIpc) is 3.27. The number of alkyl halides is 2. The Kier molecular flexibility index (Phi) is 5.81. The summed E-state index contributed by atoms with van der Waals surface area (Å²) in [5, 5.41) is 11.6. The number of halogens is 3. The van der Waals surface area contributed by atoms with Crippen LogP contribution in [0.1, 0.15) is 28.9 Å². The van der Waals surface area contributed by atoms with Crippen LogP contribution in [0.4, 0.5) is 14.6 Å². The Morgan fingerprint density at radius 3 is 2.61 bits per heavy atom. The van der Waals surface area contributed by atoms with Crippen molar-refractivity contribution in [2.24, 2.45) is 0 Å². The number of aromatic nitrogens is 5. The molecule has 0 spiro atoms. The fourth-order valence-electron chi connectivity index (χ4n) is 3.41. The maximum absolute atomic E-state index is 13.4. The van der Waals surface area contributed by atoms with Gasteiger partial charge in [-0.05, 0) is 37.6 Å². The van der Waals surface area contributed by atoms with Gasteiger partial charge in [-0.1, -0.05) is 28.1 Å². The highest BCUT2D eigenvalue weighted by atomic mass is 79.9. The maximum Gasteiger partial charge on any atom is 0.264 e. The van der Waals surface area contributed by atoms with Gasteiger partial charge in [-0.2, -0.15) is 10.2 Å². The predicted molar refractivity (Wildman–Crippen MR) is 116 cm³/mol. The third-order valence-electron chi connectivity index (χ3n) is 4.73. The van der Waals surface area contributed by atoms with Crippen molar-refractivity contribution in [2.75, 3.05) is 5.32 Å². The van der Waals surface area contributed by atoms with Crippen molar-refractivity contribution in [3.8, 4) is 0 Å². The molecule has 0 radical (unpaired) electrons. The monoisotopic (exact) mass is 488 g/mol. The number of rotatable bonds is 6. The highest BCUT2D eigenvalue weighted by molar-refractivity contribution is 9.10. The number of fused-ring (bicyclic) bond motifs is 1. The summed E-state index contributed by atoms with van der Waals surface area (Å²) in [5.74, 6) is 0.0212. The quantitative estimate of drug-likeness (QED) is 0.429. The van der Waals surface area contributed by atoms with Crippen molar-refractivity contribution >= 4 is 38.7 Å². The van der Waals surface area contributed by atoms with Crippen LogP contribution in [0.25, 0.3) is 11.0 Å². The Bertz CT molecular complexity index is 1250. The molecule has 0 saturated carbocycles. The Hall–Kier alpha value is -3.14. The van der Waals surface area contributed by atoms with Crippen LogP contribution < -0.4 is 5.32 Å². The summed E-state index contributed by atoms with van der Waals surface area (Å²) < 4.78 is 30.9. The number of carbonyl (C=O) groups excluding carboxylic acids is 1. The lowest BCUT2D eigenvalue weighted by Gasteiger charge is -2.06. The van der Waals surface area contributed by atoms with Gasteiger partial charge >= 0.3 is 0 Å². The minimum Gasteiger partial charge on any atom is -0.308 e. The summed E-state index contributed by atoms with van der Waals surface area (Å²) in [4.78, 5) is 16.9. The molecule has 4 aromatic rings.